The highest BCUT2D eigenvalue weighted by Crippen LogP contribution is 2.37. The van der Waals surface area contributed by atoms with Crippen LogP contribution in [0.1, 0.15) is 30.4 Å². The second-order valence-corrected chi connectivity index (χ2v) is 8.83. The molecule has 0 aromatic heterocycles. The van der Waals surface area contributed by atoms with Crippen LogP contribution in [0.5, 0.6) is 11.5 Å². The molecule has 0 amide bonds. The molecule has 0 atom stereocenters. The van der Waals surface area contributed by atoms with Crippen molar-refractivity contribution in [3.05, 3.63) is 82.1 Å². The lowest BCUT2D eigenvalue weighted by atomic mass is 10.1. The number of hydrogen-bond donors (Lipinski definition) is 1. The van der Waals surface area contributed by atoms with Crippen molar-refractivity contribution in [2.24, 2.45) is 0 Å². The number of anilines is 2. The third-order valence-electron chi connectivity index (χ3n) is 5.67. The first kappa shape index (κ1) is 22.5. The summed E-state index contributed by atoms with van der Waals surface area (Å²) in [6, 6.07) is 18.9. The summed E-state index contributed by atoms with van der Waals surface area (Å²) in [5.74, 6) is 1.02. The molecule has 0 radical (unpaired) electrons. The van der Waals surface area contributed by atoms with Crippen LogP contribution in [0, 0.1) is 5.82 Å². The van der Waals surface area contributed by atoms with Crippen molar-refractivity contribution in [1.82, 2.24) is 0 Å². The zero-order valence-electron chi connectivity index (χ0n) is 18.2. The largest absolute Gasteiger partial charge is 0.493 e. The Morgan fingerprint density at radius 3 is 2.34 bits per heavy atom. The summed E-state index contributed by atoms with van der Waals surface area (Å²) >= 11 is 3.61. The minimum atomic E-state index is -0.259. The van der Waals surface area contributed by atoms with E-state index in [9.17, 15) is 4.39 Å². The molecule has 0 unspecified atom stereocenters. The van der Waals surface area contributed by atoms with E-state index in [0.29, 0.717) is 24.7 Å². The molecule has 4 rings (SSSR count). The fourth-order valence-corrected chi connectivity index (χ4v) is 4.50. The molecule has 32 heavy (non-hydrogen) atoms. The van der Waals surface area contributed by atoms with E-state index in [1.165, 1.54) is 37.1 Å². The fourth-order valence-electron chi connectivity index (χ4n) is 3.90. The van der Waals surface area contributed by atoms with Gasteiger partial charge >= 0.3 is 0 Å². The predicted octanol–water partition coefficient (Wildman–Crippen LogP) is 6.78. The molecule has 3 aromatic rings. The Morgan fingerprint density at radius 2 is 1.66 bits per heavy atom. The van der Waals surface area contributed by atoms with Gasteiger partial charge in [0, 0.05) is 31.0 Å². The summed E-state index contributed by atoms with van der Waals surface area (Å²) in [5.41, 5.74) is 4.34. The highest BCUT2D eigenvalue weighted by atomic mass is 79.9. The van der Waals surface area contributed by atoms with Crippen LogP contribution in [0.15, 0.2) is 65.1 Å². The van der Waals surface area contributed by atoms with E-state index >= 15 is 0 Å². The van der Waals surface area contributed by atoms with E-state index in [1.807, 2.05) is 12.1 Å². The molecule has 0 bridgehead atoms. The maximum atomic E-state index is 13.1. The SMILES string of the molecule is COc1cc(CNc2ccc(N3CCCCC3)cc2)cc(Br)c1OCc1ccc(F)cc1. The van der Waals surface area contributed by atoms with E-state index in [0.717, 1.165) is 34.4 Å². The molecular formula is C26H28BrFN2O2. The summed E-state index contributed by atoms with van der Waals surface area (Å²) in [5, 5.41) is 3.48. The van der Waals surface area contributed by atoms with Crippen molar-refractivity contribution >= 4 is 27.3 Å². The number of methoxy groups -OCH3 is 1. The van der Waals surface area contributed by atoms with Crippen LogP contribution in [0.25, 0.3) is 0 Å². The van der Waals surface area contributed by atoms with Crippen molar-refractivity contribution in [2.45, 2.75) is 32.4 Å². The standard InChI is InChI=1S/C26H28BrFN2O2/c1-31-25-16-20(15-24(27)26(25)32-18-19-5-7-21(28)8-6-19)17-29-22-9-11-23(12-10-22)30-13-3-2-4-14-30/h5-12,15-16,29H,2-4,13-14,17-18H2,1H3. The maximum Gasteiger partial charge on any atom is 0.175 e. The first-order chi connectivity index (χ1) is 15.6. The van der Waals surface area contributed by atoms with Gasteiger partial charge in [-0.3, -0.25) is 0 Å². The van der Waals surface area contributed by atoms with Gasteiger partial charge in [-0.2, -0.15) is 0 Å². The molecule has 0 spiro atoms. The highest BCUT2D eigenvalue weighted by Gasteiger charge is 2.13. The van der Waals surface area contributed by atoms with Gasteiger partial charge in [-0.15, -0.1) is 0 Å². The van der Waals surface area contributed by atoms with Gasteiger partial charge in [0.1, 0.15) is 12.4 Å². The third-order valence-corrected chi connectivity index (χ3v) is 6.26. The lowest BCUT2D eigenvalue weighted by molar-refractivity contribution is 0.282. The second-order valence-electron chi connectivity index (χ2n) is 7.97. The minimum absolute atomic E-state index is 0.259. The van der Waals surface area contributed by atoms with Gasteiger partial charge in [0.2, 0.25) is 0 Å². The number of rotatable bonds is 8. The molecule has 168 valence electrons. The predicted molar refractivity (Wildman–Crippen MR) is 131 cm³/mol. The topological polar surface area (TPSA) is 33.7 Å². The summed E-state index contributed by atoms with van der Waals surface area (Å²) in [7, 11) is 1.63. The first-order valence-corrected chi connectivity index (χ1v) is 11.7. The molecular weight excluding hydrogens is 471 g/mol. The molecule has 0 aliphatic carbocycles. The van der Waals surface area contributed by atoms with Crippen LogP contribution in [-0.2, 0) is 13.2 Å². The molecule has 1 saturated heterocycles. The van der Waals surface area contributed by atoms with Crippen LogP contribution in [0.3, 0.4) is 0 Å². The number of hydrogen-bond acceptors (Lipinski definition) is 4. The fraction of sp³-hybridized carbons (Fsp3) is 0.308. The first-order valence-electron chi connectivity index (χ1n) is 10.9. The van der Waals surface area contributed by atoms with Crippen molar-refractivity contribution in [3.8, 4) is 11.5 Å². The van der Waals surface area contributed by atoms with Crippen LogP contribution in [0.4, 0.5) is 15.8 Å². The van der Waals surface area contributed by atoms with Gasteiger partial charge in [0.25, 0.3) is 0 Å². The molecule has 1 aliphatic heterocycles. The molecule has 1 N–H and O–H groups in total. The lowest BCUT2D eigenvalue weighted by Crippen LogP contribution is -2.29. The number of benzene rings is 3. The summed E-state index contributed by atoms with van der Waals surface area (Å²) < 4.78 is 25.4. The molecule has 1 aliphatic rings. The van der Waals surface area contributed by atoms with Crippen LogP contribution >= 0.6 is 15.9 Å². The number of ether oxygens (including phenoxy) is 2. The number of piperidine rings is 1. The van der Waals surface area contributed by atoms with E-state index in [1.54, 1.807) is 19.2 Å². The smallest absolute Gasteiger partial charge is 0.175 e. The number of halogens is 2. The van der Waals surface area contributed by atoms with Crippen LogP contribution in [0.2, 0.25) is 0 Å². The van der Waals surface area contributed by atoms with Crippen LogP contribution in [-0.4, -0.2) is 20.2 Å². The third kappa shape index (κ3) is 5.74. The van der Waals surface area contributed by atoms with Gasteiger partial charge < -0.3 is 19.7 Å². The summed E-state index contributed by atoms with van der Waals surface area (Å²) in [6.07, 6.45) is 3.89. The maximum absolute atomic E-state index is 13.1. The Hall–Kier alpha value is -2.73. The molecule has 1 fully saturated rings. The van der Waals surface area contributed by atoms with Gasteiger partial charge in [-0.25, -0.2) is 4.39 Å². The van der Waals surface area contributed by atoms with Crippen molar-refractivity contribution < 1.29 is 13.9 Å². The van der Waals surface area contributed by atoms with Crippen molar-refractivity contribution in [1.29, 1.82) is 0 Å². The van der Waals surface area contributed by atoms with E-state index in [-0.39, 0.29) is 5.82 Å². The Bertz CT molecular complexity index is 1020. The van der Waals surface area contributed by atoms with Gasteiger partial charge in [0.15, 0.2) is 11.5 Å². The Balaban J connectivity index is 1.38. The Labute approximate surface area is 197 Å². The van der Waals surface area contributed by atoms with E-state index in [2.05, 4.69) is 50.4 Å². The quantitative estimate of drug-likeness (QED) is 0.371. The Morgan fingerprint density at radius 1 is 0.938 bits per heavy atom. The van der Waals surface area contributed by atoms with Crippen LogP contribution < -0.4 is 19.7 Å². The minimum Gasteiger partial charge on any atom is -0.493 e. The lowest BCUT2D eigenvalue weighted by Gasteiger charge is -2.28. The van der Waals surface area contributed by atoms with E-state index in [4.69, 9.17) is 9.47 Å². The summed E-state index contributed by atoms with van der Waals surface area (Å²) in [4.78, 5) is 2.46. The Kier molecular flexibility index (Phi) is 7.53. The zero-order valence-corrected chi connectivity index (χ0v) is 19.8. The van der Waals surface area contributed by atoms with Crippen molar-refractivity contribution in [2.75, 3.05) is 30.4 Å². The molecule has 6 heteroatoms. The number of nitrogens with zero attached hydrogens (tertiary/aromatic N) is 1. The average molecular weight is 499 g/mol. The highest BCUT2D eigenvalue weighted by molar-refractivity contribution is 9.10. The number of nitrogens with one attached hydrogen (secondary N) is 1. The molecule has 1 heterocycles. The average Bonchev–Trinajstić information content (AvgIpc) is 2.83. The molecule has 0 saturated carbocycles. The summed E-state index contributed by atoms with van der Waals surface area (Å²) in [6.45, 7) is 3.29. The van der Waals surface area contributed by atoms with Crippen molar-refractivity contribution in [3.63, 3.8) is 0 Å². The van der Waals surface area contributed by atoms with E-state index < -0.39 is 0 Å². The van der Waals surface area contributed by atoms with Gasteiger partial charge in [0.05, 0.1) is 11.6 Å². The normalized spacial score (nSPS) is 13.7. The molecule has 3 aromatic carbocycles. The van der Waals surface area contributed by atoms with Gasteiger partial charge in [-0.1, -0.05) is 12.1 Å². The molecule has 4 nitrogen and oxygen atoms in total. The zero-order chi connectivity index (χ0) is 22.3. The second kappa shape index (κ2) is 10.7. The monoisotopic (exact) mass is 498 g/mol. The van der Waals surface area contributed by atoms with Gasteiger partial charge in [-0.05, 0) is 94.9 Å².